The first-order valence-electron chi connectivity index (χ1n) is 16.1. The van der Waals surface area contributed by atoms with E-state index in [0.717, 1.165) is 5.56 Å². The fourth-order valence-electron chi connectivity index (χ4n) is 5.09. The summed E-state index contributed by atoms with van der Waals surface area (Å²) in [7, 11) is 0. The summed E-state index contributed by atoms with van der Waals surface area (Å²) in [5.74, 6) is -1.03. The second kappa shape index (κ2) is 14.8. The minimum absolute atomic E-state index is 0.0264. The predicted molar refractivity (Wildman–Crippen MR) is 180 cm³/mol. The molecular formula is C36H52FN3O7. The number of carbonyl (C=O) groups excluding carboxylic acids is 3. The highest BCUT2D eigenvalue weighted by atomic mass is 19.1. The summed E-state index contributed by atoms with van der Waals surface area (Å²) < 4.78 is 39.7. The molecule has 1 heterocycles. The van der Waals surface area contributed by atoms with Gasteiger partial charge >= 0.3 is 18.2 Å². The summed E-state index contributed by atoms with van der Waals surface area (Å²) in [5, 5.41) is 2.88. The molecule has 0 spiro atoms. The van der Waals surface area contributed by atoms with Crippen molar-refractivity contribution in [3.8, 4) is 5.75 Å². The molecule has 0 saturated heterocycles. The van der Waals surface area contributed by atoms with Crippen LogP contribution in [0.15, 0.2) is 36.4 Å². The first kappa shape index (κ1) is 37.4. The lowest BCUT2D eigenvalue weighted by Gasteiger charge is -2.34. The van der Waals surface area contributed by atoms with Crippen LogP contribution in [-0.4, -0.2) is 65.5 Å². The van der Waals surface area contributed by atoms with E-state index in [9.17, 15) is 14.4 Å². The van der Waals surface area contributed by atoms with E-state index in [1.807, 2.05) is 44.2 Å². The van der Waals surface area contributed by atoms with Crippen LogP contribution in [0, 0.1) is 11.7 Å². The Morgan fingerprint density at radius 3 is 2.09 bits per heavy atom. The summed E-state index contributed by atoms with van der Waals surface area (Å²) in [6.07, 6.45) is -1.13. The van der Waals surface area contributed by atoms with E-state index in [-0.39, 0.29) is 54.7 Å². The molecule has 11 heteroatoms. The van der Waals surface area contributed by atoms with Crippen LogP contribution in [0.5, 0.6) is 5.75 Å². The Balaban J connectivity index is 2.09. The lowest BCUT2D eigenvalue weighted by molar-refractivity contribution is -0.152. The van der Waals surface area contributed by atoms with Gasteiger partial charge in [0.15, 0.2) is 5.82 Å². The maximum atomic E-state index is 16.6. The van der Waals surface area contributed by atoms with Crippen LogP contribution in [0.25, 0.3) is 0 Å². The summed E-state index contributed by atoms with van der Waals surface area (Å²) in [4.78, 5) is 42.7. The number of halogens is 1. The number of ether oxygens (including phenoxy) is 4. The standard InChI is InChI=1S/C36H52FN3O7/c1-23(2)20-39(32(42)46-35(6,7)8)21-25-17-26-27(40(25)33(43)47-36(9,10)11)18-28(44-22-24-15-13-12-14-16-24)31(30(26)37)38-19-29(41)45-34(3,4)5/h12-16,18,23,25,38H,17,19-22H2,1-11H3/t25-/m1/s1. The van der Waals surface area contributed by atoms with Crippen molar-refractivity contribution in [3.05, 3.63) is 53.3 Å². The number of nitrogens with one attached hydrogen (secondary N) is 1. The number of hydrogen-bond donors (Lipinski definition) is 1. The van der Waals surface area contributed by atoms with Gasteiger partial charge in [-0.05, 0) is 73.8 Å². The molecule has 0 unspecified atom stereocenters. The van der Waals surface area contributed by atoms with Crippen molar-refractivity contribution in [3.63, 3.8) is 0 Å². The maximum absolute atomic E-state index is 16.6. The lowest BCUT2D eigenvalue weighted by atomic mass is 10.1. The van der Waals surface area contributed by atoms with E-state index in [1.165, 1.54) is 4.90 Å². The monoisotopic (exact) mass is 657 g/mol. The van der Waals surface area contributed by atoms with Crippen LogP contribution >= 0.6 is 0 Å². The molecule has 1 aliphatic heterocycles. The Morgan fingerprint density at radius 1 is 0.936 bits per heavy atom. The molecule has 0 radical (unpaired) electrons. The zero-order valence-corrected chi connectivity index (χ0v) is 29.8. The molecule has 0 saturated carbocycles. The number of hydrogen-bond acceptors (Lipinski definition) is 8. The Morgan fingerprint density at radius 2 is 1.53 bits per heavy atom. The van der Waals surface area contributed by atoms with E-state index in [0.29, 0.717) is 6.54 Å². The number of carbonyl (C=O) groups is 3. The van der Waals surface area contributed by atoms with Gasteiger partial charge in [-0.25, -0.2) is 14.0 Å². The molecule has 2 amide bonds. The van der Waals surface area contributed by atoms with E-state index in [4.69, 9.17) is 18.9 Å². The van der Waals surface area contributed by atoms with Gasteiger partial charge in [-0.15, -0.1) is 0 Å². The van der Waals surface area contributed by atoms with Gasteiger partial charge in [0, 0.05) is 31.1 Å². The molecular weight excluding hydrogens is 605 g/mol. The third-order valence-electron chi connectivity index (χ3n) is 6.70. The van der Waals surface area contributed by atoms with Gasteiger partial charge in [0.25, 0.3) is 0 Å². The third-order valence-corrected chi connectivity index (χ3v) is 6.70. The van der Waals surface area contributed by atoms with Crippen LogP contribution in [0.3, 0.4) is 0 Å². The number of amides is 2. The molecule has 1 atom stereocenters. The third kappa shape index (κ3) is 11.3. The maximum Gasteiger partial charge on any atom is 0.415 e. The van der Waals surface area contributed by atoms with E-state index < -0.39 is 46.8 Å². The molecule has 2 aromatic carbocycles. The highest BCUT2D eigenvalue weighted by Gasteiger charge is 2.42. The Hall–Kier alpha value is -4.02. The Labute approximate surface area is 278 Å². The highest BCUT2D eigenvalue weighted by Crippen LogP contribution is 2.44. The van der Waals surface area contributed by atoms with Gasteiger partial charge in [0.1, 0.15) is 41.4 Å². The molecule has 0 bridgehead atoms. The van der Waals surface area contributed by atoms with Crippen molar-refractivity contribution in [2.24, 2.45) is 5.92 Å². The minimum Gasteiger partial charge on any atom is -0.487 e. The average Bonchev–Trinajstić information content (AvgIpc) is 3.27. The van der Waals surface area contributed by atoms with Gasteiger partial charge in [-0.2, -0.15) is 0 Å². The van der Waals surface area contributed by atoms with Gasteiger partial charge in [-0.1, -0.05) is 44.2 Å². The van der Waals surface area contributed by atoms with Crippen molar-refractivity contribution in [2.75, 3.05) is 29.9 Å². The molecule has 3 rings (SSSR count). The summed E-state index contributed by atoms with van der Waals surface area (Å²) in [6, 6.07) is 10.3. The van der Waals surface area contributed by atoms with Crippen molar-refractivity contribution in [1.82, 2.24) is 4.90 Å². The number of rotatable bonds is 10. The summed E-state index contributed by atoms with van der Waals surface area (Å²) in [5.41, 5.74) is -0.986. The predicted octanol–water partition coefficient (Wildman–Crippen LogP) is 7.72. The average molecular weight is 658 g/mol. The molecule has 260 valence electrons. The lowest BCUT2D eigenvalue weighted by Crippen LogP contribution is -2.50. The van der Waals surface area contributed by atoms with Gasteiger partial charge in [-0.3, -0.25) is 9.69 Å². The molecule has 0 fully saturated rings. The Bertz CT molecular complexity index is 1410. The van der Waals surface area contributed by atoms with E-state index in [1.54, 1.807) is 73.3 Å². The molecule has 1 aliphatic rings. The smallest absolute Gasteiger partial charge is 0.415 e. The van der Waals surface area contributed by atoms with Crippen LogP contribution in [0.4, 0.5) is 25.4 Å². The SMILES string of the molecule is CC(C)CN(C[C@H]1Cc2c(cc(OCc3ccccc3)c(NCC(=O)OC(C)(C)C)c2F)N1C(=O)OC(C)(C)C)C(=O)OC(C)(C)C. The number of fused-ring (bicyclic) bond motifs is 1. The quantitative estimate of drug-likeness (QED) is 0.205. The van der Waals surface area contributed by atoms with Crippen molar-refractivity contribution in [2.45, 2.75) is 112 Å². The zero-order valence-electron chi connectivity index (χ0n) is 29.8. The fourth-order valence-corrected chi connectivity index (χ4v) is 5.09. The normalized spacial score (nSPS) is 14.8. The molecule has 10 nitrogen and oxygen atoms in total. The fraction of sp³-hybridized carbons (Fsp3) is 0.583. The topological polar surface area (TPSA) is 107 Å². The molecule has 47 heavy (non-hydrogen) atoms. The second-order valence-electron chi connectivity index (χ2n) is 15.3. The number of esters is 1. The molecule has 1 N–H and O–H groups in total. The van der Waals surface area contributed by atoms with Crippen LogP contribution in [0.1, 0.15) is 87.3 Å². The Kier molecular flexibility index (Phi) is 11.8. The summed E-state index contributed by atoms with van der Waals surface area (Å²) in [6.45, 7) is 20.0. The first-order valence-corrected chi connectivity index (χ1v) is 16.1. The van der Waals surface area contributed by atoms with Gasteiger partial charge in [0.05, 0.1) is 11.7 Å². The summed E-state index contributed by atoms with van der Waals surface area (Å²) >= 11 is 0. The number of nitrogens with zero attached hydrogens (tertiary/aromatic N) is 2. The second-order valence-corrected chi connectivity index (χ2v) is 15.3. The van der Waals surface area contributed by atoms with Crippen LogP contribution < -0.4 is 15.0 Å². The van der Waals surface area contributed by atoms with Crippen molar-refractivity contribution < 1.29 is 37.7 Å². The number of benzene rings is 2. The molecule has 0 aliphatic carbocycles. The molecule has 0 aromatic heterocycles. The minimum atomic E-state index is -0.840. The van der Waals surface area contributed by atoms with Gasteiger partial charge in [0.2, 0.25) is 0 Å². The first-order chi connectivity index (χ1) is 21.6. The van der Waals surface area contributed by atoms with E-state index >= 15 is 4.39 Å². The van der Waals surface area contributed by atoms with Crippen molar-refractivity contribution >= 4 is 29.5 Å². The molecule has 2 aromatic rings. The largest absolute Gasteiger partial charge is 0.487 e. The van der Waals surface area contributed by atoms with Crippen molar-refractivity contribution in [1.29, 1.82) is 0 Å². The highest BCUT2D eigenvalue weighted by molar-refractivity contribution is 5.93. The zero-order chi connectivity index (χ0) is 35.3. The van der Waals surface area contributed by atoms with Crippen LogP contribution in [0.2, 0.25) is 0 Å². The van der Waals surface area contributed by atoms with Gasteiger partial charge < -0.3 is 29.2 Å². The number of anilines is 2. The van der Waals surface area contributed by atoms with E-state index in [2.05, 4.69) is 5.32 Å². The van der Waals surface area contributed by atoms with Crippen LogP contribution in [-0.2, 0) is 32.0 Å².